The molecule has 0 aliphatic heterocycles. The largest absolute Gasteiger partial charge is 0.323 e. The molecule has 0 saturated carbocycles. The molecule has 1 heterocycles. The summed E-state index contributed by atoms with van der Waals surface area (Å²) >= 11 is 0. The van der Waals surface area contributed by atoms with Gasteiger partial charge in [-0.05, 0) is 19.9 Å². The van der Waals surface area contributed by atoms with Gasteiger partial charge in [0.05, 0.1) is 11.4 Å². The number of nitrogens with two attached hydrogens (primary N) is 1. The van der Waals surface area contributed by atoms with Crippen molar-refractivity contribution in [3.05, 3.63) is 41.6 Å². The van der Waals surface area contributed by atoms with Gasteiger partial charge in [-0.15, -0.1) is 0 Å². The SMILES string of the molecule is Cc1ccc(-c2cc(C(C)N)[nH]n2)cc1. The molecule has 0 amide bonds. The number of nitrogens with zero attached hydrogens (tertiary/aromatic N) is 1. The van der Waals surface area contributed by atoms with E-state index in [1.54, 1.807) is 0 Å². The molecule has 2 aromatic rings. The van der Waals surface area contributed by atoms with Crippen LogP contribution in [0.2, 0.25) is 0 Å². The van der Waals surface area contributed by atoms with E-state index in [4.69, 9.17) is 5.73 Å². The first-order chi connectivity index (χ1) is 7.16. The minimum Gasteiger partial charge on any atom is -0.323 e. The number of aromatic nitrogens is 2. The van der Waals surface area contributed by atoms with Crippen molar-refractivity contribution in [3.63, 3.8) is 0 Å². The molecule has 78 valence electrons. The monoisotopic (exact) mass is 201 g/mol. The van der Waals surface area contributed by atoms with Crippen molar-refractivity contribution in [1.29, 1.82) is 0 Å². The van der Waals surface area contributed by atoms with Crippen LogP contribution in [0.5, 0.6) is 0 Å². The molecule has 0 saturated heterocycles. The van der Waals surface area contributed by atoms with Gasteiger partial charge in [-0.1, -0.05) is 29.8 Å². The van der Waals surface area contributed by atoms with Crippen LogP contribution in [0.15, 0.2) is 30.3 Å². The fraction of sp³-hybridized carbons (Fsp3) is 0.250. The van der Waals surface area contributed by atoms with E-state index >= 15 is 0 Å². The Labute approximate surface area is 89.3 Å². The highest BCUT2D eigenvalue weighted by atomic mass is 15.1. The van der Waals surface area contributed by atoms with Crippen LogP contribution in [-0.4, -0.2) is 10.2 Å². The minimum atomic E-state index is -0.00306. The zero-order valence-electron chi connectivity index (χ0n) is 8.99. The maximum atomic E-state index is 5.76. The van der Waals surface area contributed by atoms with E-state index in [2.05, 4.69) is 41.4 Å². The molecule has 0 bridgehead atoms. The first-order valence-electron chi connectivity index (χ1n) is 5.05. The smallest absolute Gasteiger partial charge is 0.0924 e. The lowest BCUT2D eigenvalue weighted by Crippen LogP contribution is -2.04. The van der Waals surface area contributed by atoms with Gasteiger partial charge in [0.25, 0.3) is 0 Å². The van der Waals surface area contributed by atoms with E-state index in [9.17, 15) is 0 Å². The van der Waals surface area contributed by atoms with Crippen LogP contribution in [0.25, 0.3) is 11.3 Å². The van der Waals surface area contributed by atoms with Gasteiger partial charge < -0.3 is 5.73 Å². The maximum Gasteiger partial charge on any atom is 0.0924 e. The van der Waals surface area contributed by atoms with Crippen LogP contribution in [0.3, 0.4) is 0 Å². The quantitative estimate of drug-likeness (QED) is 0.784. The molecule has 1 atom stereocenters. The van der Waals surface area contributed by atoms with Crippen LogP contribution in [0.1, 0.15) is 24.2 Å². The summed E-state index contributed by atoms with van der Waals surface area (Å²) in [6.45, 7) is 4.01. The Morgan fingerprint density at radius 2 is 1.93 bits per heavy atom. The fourth-order valence-electron chi connectivity index (χ4n) is 1.44. The second kappa shape index (κ2) is 3.87. The van der Waals surface area contributed by atoms with E-state index < -0.39 is 0 Å². The number of H-pyrrole nitrogens is 1. The highest BCUT2D eigenvalue weighted by molar-refractivity contribution is 5.59. The van der Waals surface area contributed by atoms with Crippen LogP contribution in [0.4, 0.5) is 0 Å². The predicted octanol–water partition coefficient (Wildman–Crippen LogP) is 2.40. The lowest BCUT2D eigenvalue weighted by molar-refractivity contribution is 0.772. The highest BCUT2D eigenvalue weighted by Crippen LogP contribution is 2.19. The molecule has 15 heavy (non-hydrogen) atoms. The lowest BCUT2D eigenvalue weighted by atomic mass is 10.1. The summed E-state index contributed by atoms with van der Waals surface area (Å²) in [5, 5.41) is 7.18. The first-order valence-corrected chi connectivity index (χ1v) is 5.05. The van der Waals surface area contributed by atoms with E-state index in [1.165, 1.54) is 5.56 Å². The number of nitrogens with one attached hydrogen (secondary N) is 1. The summed E-state index contributed by atoms with van der Waals surface area (Å²) in [4.78, 5) is 0. The average molecular weight is 201 g/mol. The number of rotatable bonds is 2. The third kappa shape index (κ3) is 2.07. The van der Waals surface area contributed by atoms with Crippen LogP contribution < -0.4 is 5.73 Å². The molecule has 1 unspecified atom stereocenters. The average Bonchev–Trinajstić information content (AvgIpc) is 2.68. The Morgan fingerprint density at radius 3 is 2.47 bits per heavy atom. The van der Waals surface area contributed by atoms with Crippen molar-refractivity contribution in [2.75, 3.05) is 0 Å². The normalized spacial score (nSPS) is 12.7. The van der Waals surface area contributed by atoms with Gasteiger partial charge in [-0.2, -0.15) is 5.10 Å². The van der Waals surface area contributed by atoms with E-state index in [-0.39, 0.29) is 6.04 Å². The van der Waals surface area contributed by atoms with Crippen molar-refractivity contribution in [2.45, 2.75) is 19.9 Å². The zero-order valence-corrected chi connectivity index (χ0v) is 8.99. The van der Waals surface area contributed by atoms with E-state index in [0.717, 1.165) is 17.0 Å². The minimum absolute atomic E-state index is 0.00306. The summed E-state index contributed by atoms with van der Waals surface area (Å²) in [5.74, 6) is 0. The van der Waals surface area contributed by atoms with Gasteiger partial charge in [0, 0.05) is 11.6 Å². The van der Waals surface area contributed by atoms with Gasteiger partial charge in [-0.25, -0.2) is 0 Å². The van der Waals surface area contributed by atoms with E-state index in [0.29, 0.717) is 0 Å². The molecule has 3 heteroatoms. The Kier molecular flexibility index (Phi) is 2.56. The molecule has 1 aromatic carbocycles. The molecule has 3 N–H and O–H groups in total. The molecule has 2 rings (SSSR count). The van der Waals surface area contributed by atoms with Gasteiger partial charge in [0.1, 0.15) is 0 Å². The van der Waals surface area contributed by atoms with Crippen molar-refractivity contribution >= 4 is 0 Å². The van der Waals surface area contributed by atoms with Crippen LogP contribution >= 0.6 is 0 Å². The molecular formula is C12H15N3. The summed E-state index contributed by atoms with van der Waals surface area (Å²) in [5.41, 5.74) is 10.0. The number of aromatic amines is 1. The number of aryl methyl sites for hydroxylation is 1. The molecule has 1 aromatic heterocycles. The van der Waals surface area contributed by atoms with Gasteiger partial charge in [0.2, 0.25) is 0 Å². The molecule has 0 spiro atoms. The molecule has 0 aliphatic rings. The first kappa shape index (κ1) is 9.93. The van der Waals surface area contributed by atoms with Crippen molar-refractivity contribution in [2.24, 2.45) is 5.73 Å². The van der Waals surface area contributed by atoms with Crippen molar-refractivity contribution in [3.8, 4) is 11.3 Å². The standard InChI is InChI=1S/C12H15N3/c1-8-3-5-10(6-4-8)12-7-11(9(2)13)14-15-12/h3-7,9H,13H2,1-2H3,(H,14,15). The number of benzene rings is 1. The second-order valence-electron chi connectivity index (χ2n) is 3.86. The van der Waals surface area contributed by atoms with E-state index in [1.807, 2.05) is 13.0 Å². The molecular weight excluding hydrogens is 186 g/mol. The maximum absolute atomic E-state index is 5.76. The summed E-state index contributed by atoms with van der Waals surface area (Å²) in [7, 11) is 0. The van der Waals surface area contributed by atoms with Crippen LogP contribution in [-0.2, 0) is 0 Å². The molecule has 0 fully saturated rings. The summed E-state index contributed by atoms with van der Waals surface area (Å²) < 4.78 is 0. The number of hydrogen-bond acceptors (Lipinski definition) is 2. The predicted molar refractivity (Wildman–Crippen MR) is 61.4 cm³/mol. The van der Waals surface area contributed by atoms with Gasteiger partial charge in [-0.3, -0.25) is 5.10 Å². The molecule has 0 radical (unpaired) electrons. The third-order valence-corrected chi connectivity index (χ3v) is 2.44. The Balaban J connectivity index is 2.33. The highest BCUT2D eigenvalue weighted by Gasteiger charge is 2.06. The second-order valence-corrected chi connectivity index (χ2v) is 3.86. The zero-order chi connectivity index (χ0) is 10.8. The van der Waals surface area contributed by atoms with Crippen molar-refractivity contribution < 1.29 is 0 Å². The lowest BCUT2D eigenvalue weighted by Gasteiger charge is -1.98. The Hall–Kier alpha value is -1.61. The fourth-order valence-corrected chi connectivity index (χ4v) is 1.44. The van der Waals surface area contributed by atoms with Crippen molar-refractivity contribution in [1.82, 2.24) is 10.2 Å². The van der Waals surface area contributed by atoms with Crippen LogP contribution in [0, 0.1) is 6.92 Å². The number of hydrogen-bond donors (Lipinski definition) is 2. The molecule has 0 aliphatic carbocycles. The topological polar surface area (TPSA) is 54.7 Å². The summed E-state index contributed by atoms with van der Waals surface area (Å²) in [6.07, 6.45) is 0. The molecule has 3 nitrogen and oxygen atoms in total. The van der Waals surface area contributed by atoms with Gasteiger partial charge >= 0.3 is 0 Å². The third-order valence-electron chi connectivity index (χ3n) is 2.44. The Morgan fingerprint density at radius 1 is 1.27 bits per heavy atom. The Bertz CT molecular complexity index is 440. The van der Waals surface area contributed by atoms with Gasteiger partial charge in [0.15, 0.2) is 0 Å². The summed E-state index contributed by atoms with van der Waals surface area (Å²) in [6, 6.07) is 10.3.